The van der Waals surface area contributed by atoms with Gasteiger partial charge in [0.1, 0.15) is 0 Å². The first kappa shape index (κ1) is 16.0. The molecule has 0 unspecified atom stereocenters. The molecule has 0 saturated carbocycles. The Morgan fingerprint density at radius 1 is 1.26 bits per heavy atom. The first-order valence-electron chi connectivity index (χ1n) is 6.90. The van der Waals surface area contributed by atoms with Gasteiger partial charge < -0.3 is 10.2 Å². The second-order valence-electron chi connectivity index (χ2n) is 4.83. The summed E-state index contributed by atoms with van der Waals surface area (Å²) in [4.78, 5) is 14.4. The number of carbonyl (C=O) groups is 1. The number of hydrogen-bond donors (Lipinski definition) is 1. The van der Waals surface area contributed by atoms with Crippen LogP contribution >= 0.6 is 12.4 Å². The molecule has 0 radical (unpaired) electrons. The van der Waals surface area contributed by atoms with Crippen molar-refractivity contribution in [1.29, 1.82) is 0 Å². The van der Waals surface area contributed by atoms with Gasteiger partial charge in [-0.2, -0.15) is 0 Å². The molecule has 0 aromatic heterocycles. The maximum absolute atomic E-state index is 12.3. The molecular formula is C15H23ClN2O. The zero-order valence-electron chi connectivity index (χ0n) is 11.5. The van der Waals surface area contributed by atoms with Crippen LogP contribution in [-0.4, -0.2) is 25.0 Å². The number of carbonyl (C=O) groups excluding carboxylic acids is 1. The predicted molar refractivity (Wildman–Crippen MR) is 82.0 cm³/mol. The number of piperidine rings is 1. The van der Waals surface area contributed by atoms with E-state index in [0.29, 0.717) is 12.5 Å². The molecule has 106 valence electrons. The van der Waals surface area contributed by atoms with Gasteiger partial charge in [0, 0.05) is 18.2 Å². The number of nitrogens with zero attached hydrogens (tertiary/aromatic N) is 1. The summed E-state index contributed by atoms with van der Waals surface area (Å²) in [5.74, 6) is 0.260. The number of halogens is 1. The highest BCUT2D eigenvalue weighted by Crippen LogP contribution is 2.22. The quantitative estimate of drug-likeness (QED) is 0.921. The Bertz CT molecular complexity index is 377. The molecule has 1 aliphatic heterocycles. The molecular weight excluding hydrogens is 260 g/mol. The lowest BCUT2D eigenvalue weighted by Crippen LogP contribution is -2.46. The van der Waals surface area contributed by atoms with Gasteiger partial charge in [0.15, 0.2) is 0 Å². The van der Waals surface area contributed by atoms with Gasteiger partial charge in [0.05, 0.1) is 0 Å². The molecule has 1 aromatic carbocycles. The first-order chi connectivity index (χ1) is 8.83. The third-order valence-electron chi connectivity index (χ3n) is 3.44. The zero-order chi connectivity index (χ0) is 12.8. The molecule has 1 N–H and O–H groups in total. The molecule has 19 heavy (non-hydrogen) atoms. The van der Waals surface area contributed by atoms with Crippen molar-refractivity contribution in [3.05, 3.63) is 30.3 Å². The summed E-state index contributed by atoms with van der Waals surface area (Å²) in [6.07, 6.45) is 3.64. The van der Waals surface area contributed by atoms with Crippen molar-refractivity contribution in [2.24, 2.45) is 0 Å². The Kier molecular flexibility index (Phi) is 6.89. The summed E-state index contributed by atoms with van der Waals surface area (Å²) in [7, 11) is 0. The number of benzene rings is 1. The van der Waals surface area contributed by atoms with E-state index >= 15 is 0 Å². The Morgan fingerprint density at radius 3 is 2.47 bits per heavy atom. The summed E-state index contributed by atoms with van der Waals surface area (Å²) >= 11 is 0. The Balaban J connectivity index is 0.00000180. The number of rotatable bonds is 4. The number of para-hydroxylation sites is 1. The summed E-state index contributed by atoms with van der Waals surface area (Å²) in [6, 6.07) is 10.4. The van der Waals surface area contributed by atoms with E-state index in [0.717, 1.165) is 38.0 Å². The highest BCUT2D eigenvalue weighted by molar-refractivity contribution is 5.93. The molecule has 0 atom stereocenters. The normalized spacial score (nSPS) is 15.6. The van der Waals surface area contributed by atoms with Crippen molar-refractivity contribution >= 4 is 24.0 Å². The number of anilines is 1. The topological polar surface area (TPSA) is 32.3 Å². The minimum Gasteiger partial charge on any atom is -0.317 e. The average molecular weight is 283 g/mol. The fraction of sp³-hybridized carbons (Fsp3) is 0.533. The smallest absolute Gasteiger partial charge is 0.227 e. The zero-order valence-corrected chi connectivity index (χ0v) is 12.3. The van der Waals surface area contributed by atoms with E-state index in [2.05, 4.69) is 12.2 Å². The van der Waals surface area contributed by atoms with Gasteiger partial charge in [-0.15, -0.1) is 12.4 Å². The molecule has 1 heterocycles. The third-order valence-corrected chi connectivity index (χ3v) is 3.44. The predicted octanol–water partition coefficient (Wildman–Crippen LogP) is 2.99. The van der Waals surface area contributed by atoms with E-state index in [1.54, 1.807) is 0 Å². The third kappa shape index (κ3) is 4.22. The second-order valence-corrected chi connectivity index (χ2v) is 4.83. The SMILES string of the molecule is CCCC(=O)N(c1ccccc1)C1CCNCC1.Cl. The van der Waals surface area contributed by atoms with Crippen molar-refractivity contribution < 1.29 is 4.79 Å². The second kappa shape index (κ2) is 8.18. The van der Waals surface area contributed by atoms with E-state index in [1.807, 2.05) is 35.2 Å². The molecule has 0 aliphatic carbocycles. The summed E-state index contributed by atoms with van der Waals surface area (Å²) in [5, 5.41) is 3.35. The minimum atomic E-state index is 0. The monoisotopic (exact) mass is 282 g/mol. The molecule has 1 amide bonds. The van der Waals surface area contributed by atoms with Crippen molar-refractivity contribution in [3.8, 4) is 0 Å². The van der Waals surface area contributed by atoms with Gasteiger partial charge in [-0.25, -0.2) is 0 Å². The fourth-order valence-electron chi connectivity index (χ4n) is 2.55. The molecule has 1 aliphatic rings. The Hall–Kier alpha value is -1.06. The standard InChI is InChI=1S/C15H22N2O.ClH/c1-2-6-15(18)17(13-7-4-3-5-8-13)14-9-11-16-12-10-14;/h3-5,7-8,14,16H,2,6,9-12H2,1H3;1H. The van der Waals surface area contributed by atoms with E-state index in [1.165, 1.54) is 0 Å². The van der Waals surface area contributed by atoms with Gasteiger partial charge in [-0.05, 0) is 44.5 Å². The van der Waals surface area contributed by atoms with Crippen LogP contribution in [0.1, 0.15) is 32.6 Å². The Labute approximate surface area is 121 Å². The molecule has 0 bridgehead atoms. The molecule has 3 nitrogen and oxygen atoms in total. The van der Waals surface area contributed by atoms with Crippen LogP contribution in [0.4, 0.5) is 5.69 Å². The van der Waals surface area contributed by atoms with Crippen LogP contribution in [0.5, 0.6) is 0 Å². The molecule has 1 aromatic rings. The number of nitrogens with one attached hydrogen (secondary N) is 1. The maximum atomic E-state index is 12.3. The van der Waals surface area contributed by atoms with E-state index < -0.39 is 0 Å². The summed E-state index contributed by atoms with van der Waals surface area (Å²) < 4.78 is 0. The van der Waals surface area contributed by atoms with Gasteiger partial charge >= 0.3 is 0 Å². The van der Waals surface area contributed by atoms with E-state index in [4.69, 9.17) is 0 Å². The highest BCUT2D eigenvalue weighted by atomic mass is 35.5. The van der Waals surface area contributed by atoms with E-state index in [-0.39, 0.29) is 18.3 Å². The van der Waals surface area contributed by atoms with Crippen LogP contribution < -0.4 is 10.2 Å². The molecule has 4 heteroatoms. The average Bonchev–Trinajstić information content (AvgIpc) is 2.42. The number of hydrogen-bond acceptors (Lipinski definition) is 2. The van der Waals surface area contributed by atoms with E-state index in [9.17, 15) is 4.79 Å². The van der Waals surface area contributed by atoms with Crippen LogP contribution in [0, 0.1) is 0 Å². The van der Waals surface area contributed by atoms with Crippen molar-refractivity contribution in [1.82, 2.24) is 5.32 Å². The molecule has 1 saturated heterocycles. The van der Waals surface area contributed by atoms with Crippen molar-refractivity contribution in [2.75, 3.05) is 18.0 Å². The van der Waals surface area contributed by atoms with Crippen molar-refractivity contribution in [2.45, 2.75) is 38.6 Å². The largest absolute Gasteiger partial charge is 0.317 e. The van der Waals surface area contributed by atoms with Crippen LogP contribution in [0.3, 0.4) is 0 Å². The number of amides is 1. The highest BCUT2D eigenvalue weighted by Gasteiger charge is 2.25. The van der Waals surface area contributed by atoms with Crippen LogP contribution in [0.15, 0.2) is 30.3 Å². The molecule has 1 fully saturated rings. The summed E-state index contributed by atoms with van der Waals surface area (Å²) in [5.41, 5.74) is 1.04. The lowest BCUT2D eigenvalue weighted by Gasteiger charge is -2.34. The molecule has 0 spiro atoms. The molecule has 2 rings (SSSR count). The van der Waals surface area contributed by atoms with Gasteiger partial charge in [-0.3, -0.25) is 4.79 Å². The maximum Gasteiger partial charge on any atom is 0.227 e. The van der Waals surface area contributed by atoms with Gasteiger partial charge in [-0.1, -0.05) is 25.1 Å². The van der Waals surface area contributed by atoms with Gasteiger partial charge in [0.2, 0.25) is 5.91 Å². The van der Waals surface area contributed by atoms with Gasteiger partial charge in [0.25, 0.3) is 0 Å². The van der Waals surface area contributed by atoms with Crippen LogP contribution in [0.2, 0.25) is 0 Å². The van der Waals surface area contributed by atoms with Crippen LogP contribution in [-0.2, 0) is 4.79 Å². The lowest BCUT2D eigenvalue weighted by molar-refractivity contribution is -0.119. The van der Waals surface area contributed by atoms with Crippen molar-refractivity contribution in [3.63, 3.8) is 0 Å². The summed E-state index contributed by atoms with van der Waals surface area (Å²) in [6.45, 7) is 4.07. The minimum absolute atomic E-state index is 0. The first-order valence-corrected chi connectivity index (χ1v) is 6.90. The fourth-order valence-corrected chi connectivity index (χ4v) is 2.55. The van der Waals surface area contributed by atoms with Crippen LogP contribution in [0.25, 0.3) is 0 Å². The Morgan fingerprint density at radius 2 is 1.89 bits per heavy atom. The lowest BCUT2D eigenvalue weighted by atomic mass is 10.0.